The smallest absolute Gasteiger partial charge is 0.243 e. The van der Waals surface area contributed by atoms with Crippen molar-refractivity contribution in [3.05, 3.63) is 29.8 Å². The van der Waals surface area contributed by atoms with Crippen molar-refractivity contribution in [1.82, 2.24) is 4.31 Å². The molecule has 2 rings (SSSR count). The third-order valence-corrected chi connectivity index (χ3v) is 5.91. The summed E-state index contributed by atoms with van der Waals surface area (Å²) in [5.41, 5.74) is 0.321. The second-order valence-electron chi connectivity index (χ2n) is 5.86. The Kier molecular flexibility index (Phi) is 5.57. The summed E-state index contributed by atoms with van der Waals surface area (Å²) >= 11 is 0. The third kappa shape index (κ3) is 3.86. The second kappa shape index (κ2) is 7.23. The average Bonchev–Trinajstić information content (AvgIpc) is 2.53. The van der Waals surface area contributed by atoms with E-state index in [2.05, 4.69) is 0 Å². The Balaban J connectivity index is 2.37. The summed E-state index contributed by atoms with van der Waals surface area (Å²) in [4.78, 5) is 0.123. The highest BCUT2D eigenvalue weighted by Gasteiger charge is 2.33. The molecule has 1 fully saturated rings. The number of sulfonamides is 1. The van der Waals surface area contributed by atoms with Crippen LogP contribution in [-0.2, 0) is 10.0 Å². The molecule has 0 bridgehead atoms. The van der Waals surface area contributed by atoms with Crippen molar-refractivity contribution >= 4 is 10.0 Å². The zero-order chi connectivity index (χ0) is 16.2. The van der Waals surface area contributed by atoms with Crippen molar-refractivity contribution in [3.63, 3.8) is 0 Å². The van der Waals surface area contributed by atoms with E-state index in [1.54, 1.807) is 19.1 Å². The minimum atomic E-state index is -3.71. The largest absolute Gasteiger partial charge is 0.392 e. The van der Waals surface area contributed by atoms with Crippen molar-refractivity contribution in [3.8, 4) is 6.07 Å². The van der Waals surface area contributed by atoms with E-state index in [1.807, 2.05) is 6.07 Å². The Hall–Kier alpha value is -1.42. The monoisotopic (exact) mass is 322 g/mol. The van der Waals surface area contributed by atoms with Gasteiger partial charge in [0, 0.05) is 12.6 Å². The number of rotatable bonds is 5. The van der Waals surface area contributed by atoms with Gasteiger partial charge in [-0.1, -0.05) is 25.3 Å². The van der Waals surface area contributed by atoms with Crippen LogP contribution in [0.2, 0.25) is 0 Å². The summed E-state index contributed by atoms with van der Waals surface area (Å²) in [7, 11) is -3.71. The lowest BCUT2D eigenvalue weighted by atomic mass is 9.95. The number of benzene rings is 1. The number of hydrogen-bond acceptors (Lipinski definition) is 4. The zero-order valence-electron chi connectivity index (χ0n) is 12.8. The summed E-state index contributed by atoms with van der Waals surface area (Å²) in [6.45, 7) is 1.68. The van der Waals surface area contributed by atoms with Crippen molar-refractivity contribution in [2.75, 3.05) is 6.54 Å². The van der Waals surface area contributed by atoms with E-state index in [-0.39, 0.29) is 17.5 Å². The Morgan fingerprint density at radius 2 is 2.05 bits per heavy atom. The molecule has 6 heteroatoms. The molecular formula is C16H22N2O3S. The lowest BCUT2D eigenvalue weighted by Crippen LogP contribution is -2.44. The van der Waals surface area contributed by atoms with Gasteiger partial charge < -0.3 is 5.11 Å². The second-order valence-corrected chi connectivity index (χ2v) is 7.75. The van der Waals surface area contributed by atoms with Crippen LogP contribution >= 0.6 is 0 Å². The molecule has 1 aliphatic carbocycles. The van der Waals surface area contributed by atoms with Crippen LogP contribution in [0.5, 0.6) is 0 Å². The van der Waals surface area contributed by atoms with Crippen LogP contribution < -0.4 is 0 Å². The highest BCUT2D eigenvalue weighted by Crippen LogP contribution is 2.28. The third-order valence-electron chi connectivity index (χ3n) is 4.00. The van der Waals surface area contributed by atoms with Crippen LogP contribution in [0.1, 0.15) is 44.6 Å². The molecule has 0 aromatic heterocycles. The van der Waals surface area contributed by atoms with Crippen molar-refractivity contribution < 1.29 is 13.5 Å². The van der Waals surface area contributed by atoms with E-state index in [0.717, 1.165) is 32.1 Å². The molecule has 0 spiro atoms. The van der Waals surface area contributed by atoms with Gasteiger partial charge in [0.05, 0.1) is 22.6 Å². The molecule has 5 nitrogen and oxygen atoms in total. The first kappa shape index (κ1) is 16.9. The standard InChI is InChI=1S/C16H22N2O3S/c1-13(19)12-18(15-7-3-2-4-8-15)22(20,21)16-9-5-6-14(10-16)11-17/h5-6,9-10,13,15,19H,2-4,7-8,12H2,1H3. The summed E-state index contributed by atoms with van der Waals surface area (Å²) in [5.74, 6) is 0. The van der Waals surface area contributed by atoms with E-state index in [4.69, 9.17) is 5.26 Å². The Labute approximate surface area is 132 Å². The van der Waals surface area contributed by atoms with Gasteiger partial charge in [0.15, 0.2) is 0 Å². The fourth-order valence-corrected chi connectivity index (χ4v) is 4.75. The predicted octanol–water partition coefficient (Wildman–Crippen LogP) is 2.26. The lowest BCUT2D eigenvalue weighted by Gasteiger charge is -2.34. The number of aliphatic hydroxyl groups excluding tert-OH is 1. The highest BCUT2D eigenvalue weighted by atomic mass is 32.2. The number of hydrogen-bond donors (Lipinski definition) is 1. The number of nitriles is 1. The van der Waals surface area contributed by atoms with Crippen LogP contribution in [0, 0.1) is 11.3 Å². The van der Waals surface area contributed by atoms with Gasteiger partial charge >= 0.3 is 0 Å². The molecular weight excluding hydrogens is 300 g/mol. The molecule has 1 saturated carbocycles. The van der Waals surface area contributed by atoms with Crippen molar-refractivity contribution in [2.45, 2.75) is 56.1 Å². The number of aliphatic hydroxyl groups is 1. The van der Waals surface area contributed by atoms with Crippen LogP contribution in [0.4, 0.5) is 0 Å². The summed E-state index contributed by atoms with van der Waals surface area (Å²) < 4.78 is 27.3. The summed E-state index contributed by atoms with van der Waals surface area (Å²) in [6, 6.07) is 7.96. The SMILES string of the molecule is CC(O)CN(C1CCCCC1)S(=O)(=O)c1cccc(C#N)c1. The fourth-order valence-electron chi connectivity index (χ4n) is 2.93. The lowest BCUT2D eigenvalue weighted by molar-refractivity contribution is 0.136. The quantitative estimate of drug-likeness (QED) is 0.901. The van der Waals surface area contributed by atoms with Crippen LogP contribution in [0.15, 0.2) is 29.2 Å². The molecule has 0 radical (unpaired) electrons. The van der Waals surface area contributed by atoms with Crippen LogP contribution in [0.25, 0.3) is 0 Å². The van der Waals surface area contributed by atoms with Crippen molar-refractivity contribution in [2.24, 2.45) is 0 Å². The van der Waals surface area contributed by atoms with Gasteiger partial charge in [0.1, 0.15) is 0 Å². The van der Waals surface area contributed by atoms with Crippen LogP contribution in [0.3, 0.4) is 0 Å². The average molecular weight is 322 g/mol. The van der Waals surface area contributed by atoms with E-state index >= 15 is 0 Å². The van der Waals surface area contributed by atoms with Crippen LogP contribution in [-0.4, -0.2) is 36.5 Å². The highest BCUT2D eigenvalue weighted by molar-refractivity contribution is 7.89. The topological polar surface area (TPSA) is 81.4 Å². The molecule has 0 heterocycles. The van der Waals surface area contributed by atoms with E-state index < -0.39 is 16.1 Å². The molecule has 1 unspecified atom stereocenters. The first-order chi connectivity index (χ1) is 10.4. The maximum Gasteiger partial charge on any atom is 0.243 e. The van der Waals surface area contributed by atoms with E-state index in [0.29, 0.717) is 5.56 Å². The molecule has 1 atom stereocenters. The summed E-state index contributed by atoms with van der Waals surface area (Å²) in [6.07, 6.45) is 4.07. The molecule has 0 saturated heterocycles. The van der Waals surface area contributed by atoms with E-state index in [9.17, 15) is 13.5 Å². The Bertz CT molecular complexity index is 644. The van der Waals surface area contributed by atoms with Gasteiger partial charge in [-0.05, 0) is 38.0 Å². The Morgan fingerprint density at radius 3 is 2.64 bits per heavy atom. The Morgan fingerprint density at radius 1 is 1.36 bits per heavy atom. The predicted molar refractivity (Wildman–Crippen MR) is 83.6 cm³/mol. The molecule has 1 aliphatic rings. The molecule has 0 aliphatic heterocycles. The van der Waals surface area contributed by atoms with Gasteiger partial charge in [-0.3, -0.25) is 0 Å². The van der Waals surface area contributed by atoms with Gasteiger partial charge in [0.25, 0.3) is 0 Å². The van der Waals surface area contributed by atoms with Gasteiger partial charge in [0.2, 0.25) is 10.0 Å². The minimum Gasteiger partial charge on any atom is -0.392 e. The zero-order valence-corrected chi connectivity index (χ0v) is 13.6. The maximum atomic E-state index is 12.9. The minimum absolute atomic E-state index is 0.0703. The molecule has 1 aromatic carbocycles. The van der Waals surface area contributed by atoms with Gasteiger partial charge in [-0.15, -0.1) is 0 Å². The molecule has 120 valence electrons. The van der Waals surface area contributed by atoms with Gasteiger partial charge in [-0.2, -0.15) is 9.57 Å². The molecule has 0 amide bonds. The maximum absolute atomic E-state index is 12.9. The van der Waals surface area contributed by atoms with Crippen molar-refractivity contribution in [1.29, 1.82) is 5.26 Å². The molecule has 1 N–H and O–H groups in total. The normalized spacial score (nSPS) is 18.1. The summed E-state index contributed by atoms with van der Waals surface area (Å²) in [5, 5.41) is 18.7. The van der Waals surface area contributed by atoms with Gasteiger partial charge in [-0.25, -0.2) is 8.42 Å². The molecule has 1 aromatic rings. The molecule has 22 heavy (non-hydrogen) atoms. The first-order valence-corrected chi connectivity index (χ1v) is 9.09. The number of nitrogens with zero attached hydrogens (tertiary/aromatic N) is 2. The van der Waals surface area contributed by atoms with E-state index in [1.165, 1.54) is 16.4 Å². The fraction of sp³-hybridized carbons (Fsp3) is 0.562. The first-order valence-electron chi connectivity index (χ1n) is 7.65.